The van der Waals surface area contributed by atoms with Crippen molar-refractivity contribution in [3.63, 3.8) is 0 Å². The summed E-state index contributed by atoms with van der Waals surface area (Å²) in [6.07, 6.45) is -1.19. The Morgan fingerprint density at radius 1 is 0.431 bits per heavy atom. The normalized spacial score (nSPS) is 13.3. The summed E-state index contributed by atoms with van der Waals surface area (Å²) in [7, 11) is 0. The lowest BCUT2D eigenvalue weighted by atomic mass is 9.92. The molecule has 672 valence electrons. The van der Waals surface area contributed by atoms with Crippen molar-refractivity contribution in [1.29, 1.82) is 16.2 Å². The number of carbonyl (C=O) groups is 13. The standard InChI is InChI=1S/C84H126N24O15/c1-9-107(10-2)51-31-33-55-65(45-51)123-66-46-52(108(11-3)12-4)32-34-56(66)70(55)53-25-16-17-26-54(53)72(112)99-60(35-37-67(86)109)76(116)100-59(29-21-41-95-83(90)91)75(115)104-63(43-48(5)6)78(118)105-64(44-50-23-14-13-15-24-50)79(119)101-61(36-38-68(87)110)77(117)106-71(49(7)8)80(120)102-57(27-18-19-39-85)73(113)97-47-69(111)98-58(28-20-40-94-82(88)89)74(114)103-62(81(121)122)30-22-42-96-84(92)93/h13-17,23-26,31-34,45-46,48-49,57-64,71H,9-12,18-22,27-30,35-44,47,85H2,1-8H3,(H26-,86,87,88,89,90,91,92,93,94,95,96,97,98,99,100,101,102,103,104,105,106,109,110,111,112,113,114,115,116,117,118,119,120,121,122)/p+1. The topological polar surface area (TPSA) is 644 Å². The Labute approximate surface area is 716 Å². The van der Waals surface area contributed by atoms with Gasteiger partial charge in [-0.3, -0.25) is 73.8 Å². The lowest BCUT2D eigenvalue weighted by Gasteiger charge is -2.29. The van der Waals surface area contributed by atoms with E-state index < -0.39 is 157 Å². The maximum absolute atomic E-state index is 15.1. The van der Waals surface area contributed by atoms with Gasteiger partial charge in [0.15, 0.2) is 17.9 Å². The van der Waals surface area contributed by atoms with Crippen LogP contribution in [-0.4, -0.2) is 213 Å². The molecule has 5 aromatic rings. The molecule has 0 radical (unpaired) electrons. The van der Waals surface area contributed by atoms with Crippen molar-refractivity contribution in [2.45, 2.75) is 206 Å². The molecule has 0 aliphatic carbocycles. The summed E-state index contributed by atoms with van der Waals surface area (Å²) in [5, 5.41) is 68.0. The van der Waals surface area contributed by atoms with Gasteiger partial charge in [-0.2, -0.15) is 0 Å². The van der Waals surface area contributed by atoms with E-state index in [1.807, 2.05) is 36.4 Å². The Morgan fingerprint density at radius 3 is 1.31 bits per heavy atom. The molecular weight excluding hydrogens is 1590 g/mol. The summed E-state index contributed by atoms with van der Waals surface area (Å²) in [6.45, 7) is 17.5. The third-order valence-corrected chi connectivity index (χ3v) is 20.4. The summed E-state index contributed by atoms with van der Waals surface area (Å²) in [4.78, 5) is 187. The van der Waals surface area contributed by atoms with Gasteiger partial charge < -0.3 is 118 Å². The minimum absolute atomic E-state index is 0.0354. The molecule has 29 N–H and O–H groups in total. The number of carboxylic acid groups (broad SMARTS) is 1. The molecule has 123 heavy (non-hydrogen) atoms. The molecule has 5 rings (SSSR count). The summed E-state index contributed by atoms with van der Waals surface area (Å²) in [5.41, 5.74) is 38.2. The predicted octanol–water partition coefficient (Wildman–Crippen LogP) is 0.799. The Hall–Kier alpha value is -13.0. The summed E-state index contributed by atoms with van der Waals surface area (Å²) in [5.74, 6) is -14.2. The highest BCUT2D eigenvalue weighted by molar-refractivity contribution is 6.14. The van der Waals surface area contributed by atoms with Gasteiger partial charge in [0, 0.05) is 87.6 Å². The second-order valence-corrected chi connectivity index (χ2v) is 30.6. The van der Waals surface area contributed by atoms with E-state index in [9.17, 15) is 53.1 Å². The van der Waals surface area contributed by atoms with Gasteiger partial charge in [-0.15, -0.1) is 0 Å². The van der Waals surface area contributed by atoms with Gasteiger partial charge in [-0.25, -0.2) is 9.21 Å². The van der Waals surface area contributed by atoms with Crippen LogP contribution >= 0.6 is 0 Å². The highest BCUT2D eigenvalue weighted by atomic mass is 16.4. The summed E-state index contributed by atoms with van der Waals surface area (Å²) in [6, 6.07) is 13.8. The predicted molar refractivity (Wildman–Crippen MR) is 470 cm³/mol. The molecule has 39 heteroatoms. The largest absolute Gasteiger partial charge is 0.480 e. The zero-order chi connectivity index (χ0) is 91.0. The van der Waals surface area contributed by atoms with Crippen molar-refractivity contribution in [2.24, 2.45) is 46.2 Å². The number of aliphatic carboxylic acids is 1. The monoisotopic (exact) mass is 1710 g/mol. The van der Waals surface area contributed by atoms with E-state index in [0.29, 0.717) is 45.0 Å². The van der Waals surface area contributed by atoms with Crippen molar-refractivity contribution in [3.05, 3.63) is 102 Å². The van der Waals surface area contributed by atoms with Gasteiger partial charge in [0.05, 0.1) is 29.4 Å². The van der Waals surface area contributed by atoms with E-state index in [4.69, 9.17) is 55.0 Å². The maximum Gasteiger partial charge on any atom is 0.363 e. The Kier molecular flexibility index (Phi) is 42.2. The number of hydrogen-bond acceptors (Lipinski definition) is 19. The number of carbonyl (C=O) groups excluding carboxylic acids is 12. The maximum atomic E-state index is 15.1. The van der Waals surface area contributed by atoms with Gasteiger partial charge in [-0.1, -0.05) is 76.2 Å². The molecule has 0 aliphatic rings. The van der Waals surface area contributed by atoms with Crippen molar-refractivity contribution >= 4 is 128 Å². The van der Waals surface area contributed by atoms with Crippen LogP contribution in [0.25, 0.3) is 33.1 Å². The number of primary amides is 2. The molecule has 0 spiro atoms. The fraction of sp³-hybridized carbons (Fsp3) is 0.512. The van der Waals surface area contributed by atoms with Crippen molar-refractivity contribution in [2.75, 3.05) is 68.7 Å². The first-order chi connectivity index (χ1) is 58.5. The minimum atomic E-state index is -1.64. The number of fused-ring (bicyclic) bond motifs is 2. The smallest absolute Gasteiger partial charge is 0.363 e. The number of nitrogens with one attached hydrogen (secondary N) is 16. The van der Waals surface area contributed by atoms with Crippen LogP contribution in [0.3, 0.4) is 0 Å². The van der Waals surface area contributed by atoms with Crippen LogP contribution in [0.15, 0.2) is 95.4 Å². The average molecular weight is 1710 g/mol. The molecule has 39 nitrogen and oxygen atoms in total. The molecule has 1 heterocycles. The Balaban J connectivity index is 1.42. The number of carboxylic acids is 1. The molecule has 12 amide bonds. The van der Waals surface area contributed by atoms with Crippen molar-refractivity contribution < 1.29 is 71.9 Å². The zero-order valence-electron chi connectivity index (χ0n) is 71.5. The van der Waals surface area contributed by atoms with Gasteiger partial charge in [0.2, 0.25) is 65.0 Å². The van der Waals surface area contributed by atoms with Crippen molar-refractivity contribution in [1.82, 2.24) is 69.1 Å². The molecule has 9 atom stereocenters. The lowest BCUT2D eigenvalue weighted by molar-refractivity contribution is -0.142. The van der Waals surface area contributed by atoms with Gasteiger partial charge >= 0.3 is 17.1 Å². The van der Waals surface area contributed by atoms with E-state index in [0.717, 1.165) is 37.6 Å². The number of rotatable bonds is 55. The number of anilines is 2. The van der Waals surface area contributed by atoms with E-state index in [2.05, 4.69) is 107 Å². The molecule has 1 aromatic heterocycles. The first kappa shape index (κ1) is 101. The van der Waals surface area contributed by atoms with E-state index in [1.54, 1.807) is 82.3 Å². The number of amides is 12. The molecule has 0 saturated carbocycles. The zero-order valence-corrected chi connectivity index (χ0v) is 71.5. The minimum Gasteiger partial charge on any atom is -0.480 e. The quantitative estimate of drug-likeness (QED) is 0.00841. The first-order valence-corrected chi connectivity index (χ1v) is 41.7. The van der Waals surface area contributed by atoms with Crippen LogP contribution in [0.1, 0.15) is 161 Å². The van der Waals surface area contributed by atoms with Crippen LogP contribution in [0.5, 0.6) is 0 Å². The highest BCUT2D eigenvalue weighted by Gasteiger charge is 2.38. The molecule has 0 saturated heterocycles. The summed E-state index contributed by atoms with van der Waals surface area (Å²) < 4.78 is 6.73. The molecule has 0 aliphatic heterocycles. The third kappa shape index (κ3) is 33.5. The Bertz CT molecular complexity index is 4400. The van der Waals surface area contributed by atoms with Gasteiger partial charge in [-0.05, 0) is 165 Å². The number of nitrogens with zero attached hydrogens (tertiary/aromatic N) is 2. The fourth-order valence-corrected chi connectivity index (χ4v) is 13.8. The van der Waals surface area contributed by atoms with Crippen LogP contribution in [0, 0.1) is 28.1 Å². The average Bonchev–Trinajstić information content (AvgIpc) is 0.743. The summed E-state index contributed by atoms with van der Waals surface area (Å²) >= 11 is 0. The van der Waals surface area contributed by atoms with Crippen LogP contribution in [-0.2, 0) is 64.0 Å². The number of nitrogens with two attached hydrogens (primary N) is 6. The molecular formula is C84H127N24O15+. The highest BCUT2D eigenvalue weighted by Crippen LogP contribution is 2.41. The van der Waals surface area contributed by atoms with Crippen LogP contribution < -0.4 is 113 Å². The van der Waals surface area contributed by atoms with Crippen molar-refractivity contribution in [3.8, 4) is 11.1 Å². The second-order valence-electron chi connectivity index (χ2n) is 30.6. The number of hydrogen-bond donors (Lipinski definition) is 23. The fourth-order valence-electron chi connectivity index (χ4n) is 13.8. The van der Waals surface area contributed by atoms with Crippen LogP contribution in [0.4, 0.5) is 11.4 Å². The van der Waals surface area contributed by atoms with E-state index in [-0.39, 0.29) is 133 Å². The molecule has 0 bridgehead atoms. The number of guanidine groups is 3. The SMILES string of the molecule is CCN(CC)c1ccc2c(-c3ccccc3C(=O)NC(CCC(N)=O)C(=O)NC(CCCNC(=N)N)C(=O)NC(CC(C)C)C(=O)NC(Cc3ccccc3)C(=O)NC(CCC(N)=O)C(=O)NC(C(=O)NC(CCCCN)C(=O)NCC(=O)NC(CCCNC(=N)N)C(=O)NC(CCCNC(=N)N)C(=O)O)C(C)C)c3ccc(N(CC)CC)cc3[o+]c2c1. The van der Waals surface area contributed by atoms with E-state index in [1.165, 1.54) is 0 Å². The van der Waals surface area contributed by atoms with Gasteiger partial charge in [0.25, 0.3) is 5.91 Å². The van der Waals surface area contributed by atoms with Gasteiger partial charge in [0.1, 0.15) is 54.4 Å². The molecule has 0 fully saturated rings. The Morgan fingerprint density at radius 2 is 0.837 bits per heavy atom. The second kappa shape index (κ2) is 51.6. The van der Waals surface area contributed by atoms with Crippen LogP contribution in [0.2, 0.25) is 0 Å². The number of unbranched alkanes of at least 4 members (excludes halogenated alkanes) is 1. The molecule has 9 unspecified atom stereocenters. The first-order valence-electron chi connectivity index (χ1n) is 41.7. The third-order valence-electron chi connectivity index (χ3n) is 20.4. The molecule has 4 aromatic carbocycles. The van der Waals surface area contributed by atoms with E-state index >= 15 is 14.4 Å². The lowest BCUT2D eigenvalue weighted by Crippen LogP contribution is -2.61. The number of benzene rings is 4.